The molecule has 0 radical (unpaired) electrons. The van der Waals surface area contributed by atoms with Crippen LogP contribution in [-0.4, -0.2) is 14.8 Å². The summed E-state index contributed by atoms with van der Waals surface area (Å²) >= 11 is 0. The molecule has 5 heteroatoms. The molecule has 0 saturated carbocycles. The number of aromatic nitrogens is 3. The summed E-state index contributed by atoms with van der Waals surface area (Å²) in [6.07, 6.45) is 3.38. The standard InChI is InChI=1S/C12H16N4O/c1-8-12(9(2)16(3)15-8)17-11-7-14-5-4-10(11)6-13/h4-5,7H,6,13H2,1-3H3. The van der Waals surface area contributed by atoms with Gasteiger partial charge in [-0.15, -0.1) is 0 Å². The molecule has 0 bridgehead atoms. The molecule has 0 aliphatic heterocycles. The summed E-state index contributed by atoms with van der Waals surface area (Å²) in [6, 6.07) is 1.86. The number of hydrogen-bond acceptors (Lipinski definition) is 4. The molecule has 0 aliphatic rings. The second-order valence-corrected chi connectivity index (χ2v) is 3.91. The minimum Gasteiger partial charge on any atom is -0.452 e. The zero-order valence-corrected chi connectivity index (χ0v) is 10.3. The summed E-state index contributed by atoms with van der Waals surface area (Å²) in [6.45, 7) is 4.31. The Bertz CT molecular complexity index is 533. The van der Waals surface area contributed by atoms with Gasteiger partial charge in [-0.05, 0) is 19.9 Å². The van der Waals surface area contributed by atoms with Crippen LogP contribution in [0.15, 0.2) is 18.5 Å². The SMILES string of the molecule is Cc1nn(C)c(C)c1Oc1cnccc1CN. The molecule has 90 valence electrons. The first-order valence-electron chi connectivity index (χ1n) is 5.44. The summed E-state index contributed by atoms with van der Waals surface area (Å²) in [7, 11) is 1.89. The number of aryl methyl sites for hydroxylation is 2. The summed E-state index contributed by atoms with van der Waals surface area (Å²) in [4.78, 5) is 4.05. The third kappa shape index (κ3) is 2.14. The number of hydrogen-bond donors (Lipinski definition) is 1. The van der Waals surface area contributed by atoms with Gasteiger partial charge in [0, 0.05) is 25.4 Å². The molecule has 2 aromatic heterocycles. The molecule has 2 N–H and O–H groups in total. The van der Waals surface area contributed by atoms with Gasteiger partial charge >= 0.3 is 0 Å². The van der Waals surface area contributed by atoms with Gasteiger partial charge in [0.25, 0.3) is 0 Å². The van der Waals surface area contributed by atoms with Crippen LogP contribution in [0.5, 0.6) is 11.5 Å². The molecule has 0 spiro atoms. The van der Waals surface area contributed by atoms with Gasteiger partial charge in [0.1, 0.15) is 11.4 Å². The van der Waals surface area contributed by atoms with Crippen LogP contribution < -0.4 is 10.5 Å². The minimum atomic E-state index is 0.427. The molecule has 0 atom stereocenters. The lowest BCUT2D eigenvalue weighted by atomic mass is 10.2. The van der Waals surface area contributed by atoms with Crippen molar-refractivity contribution in [1.82, 2.24) is 14.8 Å². The Balaban J connectivity index is 2.38. The summed E-state index contributed by atoms with van der Waals surface area (Å²) in [5.41, 5.74) is 8.43. The van der Waals surface area contributed by atoms with Crippen LogP contribution in [-0.2, 0) is 13.6 Å². The van der Waals surface area contributed by atoms with Crippen LogP contribution in [0.25, 0.3) is 0 Å². The maximum Gasteiger partial charge on any atom is 0.171 e. The second kappa shape index (κ2) is 4.55. The lowest BCUT2D eigenvalue weighted by molar-refractivity contribution is 0.466. The van der Waals surface area contributed by atoms with E-state index in [0.29, 0.717) is 12.3 Å². The largest absolute Gasteiger partial charge is 0.452 e. The van der Waals surface area contributed by atoms with Crippen LogP contribution >= 0.6 is 0 Å². The molecule has 5 nitrogen and oxygen atoms in total. The zero-order chi connectivity index (χ0) is 12.4. The Morgan fingerprint density at radius 3 is 2.76 bits per heavy atom. The first kappa shape index (κ1) is 11.6. The van der Waals surface area contributed by atoms with Crippen molar-refractivity contribution in [2.24, 2.45) is 12.8 Å². The highest BCUT2D eigenvalue weighted by molar-refractivity contribution is 5.39. The molecule has 2 heterocycles. The van der Waals surface area contributed by atoms with Crippen molar-refractivity contribution in [1.29, 1.82) is 0 Å². The number of nitrogens with zero attached hydrogens (tertiary/aromatic N) is 3. The van der Waals surface area contributed by atoms with E-state index >= 15 is 0 Å². The molecule has 0 aromatic carbocycles. The minimum absolute atomic E-state index is 0.427. The van der Waals surface area contributed by atoms with Gasteiger partial charge in [-0.2, -0.15) is 5.10 Å². The lowest BCUT2D eigenvalue weighted by Crippen LogP contribution is -2.00. The highest BCUT2D eigenvalue weighted by Gasteiger charge is 2.13. The van der Waals surface area contributed by atoms with Crippen molar-refractivity contribution in [3.05, 3.63) is 35.4 Å². The van der Waals surface area contributed by atoms with Crippen LogP contribution in [0.1, 0.15) is 17.0 Å². The number of ether oxygens (including phenoxy) is 1. The first-order chi connectivity index (χ1) is 8.13. The van der Waals surface area contributed by atoms with Crippen LogP contribution in [0.3, 0.4) is 0 Å². The molecular formula is C12H16N4O. The molecule has 0 unspecified atom stereocenters. The Labute approximate surface area is 100 Å². The van der Waals surface area contributed by atoms with E-state index in [2.05, 4.69) is 10.1 Å². The van der Waals surface area contributed by atoms with Crippen molar-refractivity contribution >= 4 is 0 Å². The van der Waals surface area contributed by atoms with E-state index in [-0.39, 0.29) is 0 Å². The van der Waals surface area contributed by atoms with E-state index in [4.69, 9.17) is 10.5 Å². The number of nitrogens with two attached hydrogens (primary N) is 1. The van der Waals surface area contributed by atoms with Gasteiger partial charge in [-0.3, -0.25) is 9.67 Å². The summed E-state index contributed by atoms with van der Waals surface area (Å²) < 4.78 is 7.65. The summed E-state index contributed by atoms with van der Waals surface area (Å²) in [5.74, 6) is 1.46. The average Bonchev–Trinajstić information content (AvgIpc) is 2.57. The van der Waals surface area contributed by atoms with Crippen molar-refractivity contribution in [2.75, 3.05) is 0 Å². The van der Waals surface area contributed by atoms with E-state index in [1.807, 2.05) is 27.0 Å². The van der Waals surface area contributed by atoms with Crippen molar-refractivity contribution in [3.8, 4) is 11.5 Å². The molecule has 2 rings (SSSR count). The number of pyridine rings is 1. The van der Waals surface area contributed by atoms with E-state index in [1.165, 1.54) is 0 Å². The van der Waals surface area contributed by atoms with Gasteiger partial charge < -0.3 is 10.5 Å². The van der Waals surface area contributed by atoms with E-state index < -0.39 is 0 Å². The summed E-state index contributed by atoms with van der Waals surface area (Å²) in [5, 5.41) is 4.30. The van der Waals surface area contributed by atoms with Crippen LogP contribution in [0, 0.1) is 13.8 Å². The van der Waals surface area contributed by atoms with Crippen LogP contribution in [0.2, 0.25) is 0 Å². The lowest BCUT2D eigenvalue weighted by Gasteiger charge is -2.09. The Morgan fingerprint density at radius 1 is 1.41 bits per heavy atom. The first-order valence-corrected chi connectivity index (χ1v) is 5.44. The monoisotopic (exact) mass is 232 g/mol. The maximum absolute atomic E-state index is 5.86. The molecule has 0 amide bonds. The van der Waals surface area contributed by atoms with E-state index in [9.17, 15) is 0 Å². The number of rotatable bonds is 3. The Hall–Kier alpha value is -1.88. The fourth-order valence-corrected chi connectivity index (χ4v) is 1.68. The fourth-order valence-electron chi connectivity index (χ4n) is 1.68. The van der Waals surface area contributed by atoms with Crippen molar-refractivity contribution in [2.45, 2.75) is 20.4 Å². The van der Waals surface area contributed by atoms with Gasteiger partial charge in [-0.1, -0.05) is 0 Å². The van der Waals surface area contributed by atoms with Gasteiger partial charge in [0.2, 0.25) is 0 Å². The highest BCUT2D eigenvalue weighted by atomic mass is 16.5. The second-order valence-electron chi connectivity index (χ2n) is 3.91. The molecule has 0 saturated heterocycles. The van der Waals surface area contributed by atoms with Crippen molar-refractivity contribution < 1.29 is 4.74 Å². The maximum atomic E-state index is 5.86. The predicted octanol–water partition coefficient (Wildman–Crippen LogP) is 1.68. The van der Waals surface area contributed by atoms with E-state index in [1.54, 1.807) is 17.1 Å². The third-order valence-corrected chi connectivity index (χ3v) is 2.74. The normalized spacial score (nSPS) is 10.6. The highest BCUT2D eigenvalue weighted by Crippen LogP contribution is 2.29. The third-order valence-electron chi connectivity index (χ3n) is 2.74. The van der Waals surface area contributed by atoms with Crippen molar-refractivity contribution in [3.63, 3.8) is 0 Å². The Kier molecular flexibility index (Phi) is 3.10. The van der Waals surface area contributed by atoms with Crippen LogP contribution in [0.4, 0.5) is 0 Å². The molecule has 17 heavy (non-hydrogen) atoms. The quantitative estimate of drug-likeness (QED) is 0.874. The molecular weight excluding hydrogens is 216 g/mol. The smallest absolute Gasteiger partial charge is 0.171 e. The molecule has 0 aliphatic carbocycles. The topological polar surface area (TPSA) is 66.0 Å². The zero-order valence-electron chi connectivity index (χ0n) is 10.3. The fraction of sp³-hybridized carbons (Fsp3) is 0.333. The van der Waals surface area contributed by atoms with Gasteiger partial charge in [-0.25, -0.2) is 0 Å². The predicted molar refractivity (Wildman–Crippen MR) is 64.9 cm³/mol. The molecule has 0 fully saturated rings. The molecule has 2 aromatic rings. The van der Waals surface area contributed by atoms with Gasteiger partial charge in [0.15, 0.2) is 5.75 Å². The van der Waals surface area contributed by atoms with E-state index in [0.717, 1.165) is 22.7 Å². The Morgan fingerprint density at radius 2 is 2.18 bits per heavy atom. The average molecular weight is 232 g/mol. The van der Waals surface area contributed by atoms with Gasteiger partial charge in [0.05, 0.1) is 11.9 Å².